The molecule has 804 valence electrons. The summed E-state index contributed by atoms with van der Waals surface area (Å²) in [6.45, 7) is 22.5. The van der Waals surface area contributed by atoms with Gasteiger partial charge in [0, 0.05) is 164 Å². The molecule has 30 nitrogen and oxygen atoms in total. The summed E-state index contributed by atoms with van der Waals surface area (Å²) in [6.07, 6.45) is 12.5. The molecule has 2 unspecified atom stereocenters. The van der Waals surface area contributed by atoms with Gasteiger partial charge in [0.25, 0.3) is 28.9 Å². The summed E-state index contributed by atoms with van der Waals surface area (Å²) >= 11 is 68.6. The molecule has 148 heavy (non-hydrogen) atoms. The number of hydrogen-bond acceptors (Lipinski definition) is 22. The van der Waals surface area contributed by atoms with Crippen molar-refractivity contribution in [2.24, 2.45) is 5.73 Å². The Bertz CT molecular complexity index is 6430. The Morgan fingerprint density at radius 1 is 0.520 bits per heavy atom. The van der Waals surface area contributed by atoms with Crippen LogP contribution in [0.2, 0.25) is 50.2 Å². The average Bonchev–Trinajstić information content (AvgIpc) is 1.55. The third-order valence-electron chi connectivity index (χ3n) is 22.7. The van der Waals surface area contributed by atoms with E-state index in [2.05, 4.69) is 43.9 Å². The predicted octanol–water partition coefficient (Wildman–Crippen LogP) is 24.4. The SMILES string of the molecule is CC(C)(C)OC(=O)N1CCC(=O)CC1.COc1ccc(CN(C(=O)c2cc(Cl)cc(Cl)c2I)C2=CCN(C(=O)OC(C)(C)C)CC2)cc1.COc1ccc(CN)cc1.COc1ccc(CN2C(=O)c3cc(Cl)cc(Cl)c3C23C=CN(C(=O)OC(C)(C)C)CC3)cc1.O=C(Cl)c1cc(Cl)cc(Cl)c1I.O=C1NC2(C=CNCC2)c2c(Cl)cc(Cl)cc21.O=C1NC2(CCNCC2)c2c(Cl)cc(Cl)cc21.O=S(=O)(O)C(F)(F)F.[O]=[Pt]=[O]. The van der Waals surface area contributed by atoms with E-state index in [1.807, 2.05) is 182 Å². The quantitative estimate of drug-likeness (QED) is 0.0175. The van der Waals surface area contributed by atoms with Crippen LogP contribution in [0, 0.1) is 7.14 Å². The zero-order chi connectivity index (χ0) is 110. The van der Waals surface area contributed by atoms with Crippen LogP contribution in [-0.4, -0.2) is 186 Å². The monoisotopic (exact) mass is 2690 g/mol. The molecule has 0 radical (unpaired) electrons. The number of alkyl halides is 3. The van der Waals surface area contributed by atoms with Gasteiger partial charge in [-0.15, -0.1) is 0 Å². The van der Waals surface area contributed by atoms with Crippen LogP contribution in [0.4, 0.5) is 27.6 Å². The topological polar surface area (TPSA) is 388 Å². The van der Waals surface area contributed by atoms with Gasteiger partial charge < -0.3 is 75.0 Å². The van der Waals surface area contributed by atoms with Crippen molar-refractivity contribution in [3.63, 3.8) is 0 Å². The second-order valence-electron chi connectivity index (χ2n) is 36.5. The van der Waals surface area contributed by atoms with Crippen molar-refractivity contribution in [1.82, 2.24) is 45.8 Å². The Balaban J connectivity index is 0.000000215. The van der Waals surface area contributed by atoms with Crippen LogP contribution in [0.1, 0.15) is 192 Å². The van der Waals surface area contributed by atoms with E-state index >= 15 is 0 Å². The number of benzene rings is 8. The number of fused-ring (bicyclic) bond motifs is 6. The van der Waals surface area contributed by atoms with Crippen molar-refractivity contribution in [3.8, 4) is 17.2 Å². The molecule has 2 fully saturated rings. The fraction of sp³-hybridized carbons (Fsp3) is 0.370. The molecule has 0 aliphatic carbocycles. The summed E-state index contributed by atoms with van der Waals surface area (Å²) in [4.78, 5) is 118. The van der Waals surface area contributed by atoms with Gasteiger partial charge in [0.2, 0.25) is 0 Å². The van der Waals surface area contributed by atoms with Crippen molar-refractivity contribution in [1.29, 1.82) is 0 Å². The van der Waals surface area contributed by atoms with E-state index in [9.17, 15) is 56.3 Å². The number of likely N-dealkylation sites (tertiary alicyclic amines) is 1. The van der Waals surface area contributed by atoms with Crippen LogP contribution < -0.4 is 41.2 Å². The van der Waals surface area contributed by atoms with Gasteiger partial charge in [0.05, 0.1) is 65.7 Å². The zero-order valence-corrected chi connectivity index (χ0v) is 97.3. The number of ether oxygens (including phenoxy) is 6. The minimum atomic E-state index is -5.84. The average molecular weight is 2700 g/mol. The van der Waals surface area contributed by atoms with Crippen molar-refractivity contribution in [2.45, 2.75) is 166 Å². The Kier molecular flexibility index (Phi) is 46.5. The first-order valence-corrected chi connectivity index (χ1v) is 54.5. The van der Waals surface area contributed by atoms with Gasteiger partial charge in [0.1, 0.15) is 39.8 Å². The number of carbonyl (C=O) groups is 9. The van der Waals surface area contributed by atoms with E-state index in [1.54, 1.807) is 102 Å². The van der Waals surface area contributed by atoms with Crippen LogP contribution in [0.3, 0.4) is 0 Å². The fourth-order valence-electron chi connectivity index (χ4n) is 15.8. The minimum absolute atomic E-state index is 0.0636. The maximum atomic E-state index is 13.7. The normalized spacial score (nSPS) is 17.1. The molecule has 2 atom stereocenters. The van der Waals surface area contributed by atoms with Crippen LogP contribution in [-0.2, 0) is 90.7 Å². The van der Waals surface area contributed by atoms with E-state index in [0.717, 1.165) is 89.7 Å². The summed E-state index contributed by atoms with van der Waals surface area (Å²) in [6, 6.07) is 39.3. The fourth-order valence-corrected chi connectivity index (χ4v) is 20.2. The number of Topliss-reactive ketones (excluding diaryl/α,β-unsaturated/α-hetero) is 1. The molecule has 8 aliphatic heterocycles. The van der Waals surface area contributed by atoms with Crippen molar-refractivity contribution in [3.05, 3.63) is 288 Å². The number of nitrogens with one attached hydrogen (secondary N) is 4. The summed E-state index contributed by atoms with van der Waals surface area (Å²) < 4.78 is 107. The number of nitrogens with two attached hydrogens (primary N) is 1. The second kappa shape index (κ2) is 55.0. The summed E-state index contributed by atoms with van der Waals surface area (Å²) in [7, 11) is -0.969. The molecule has 8 heterocycles. The van der Waals surface area contributed by atoms with Crippen LogP contribution in [0.25, 0.3) is 0 Å². The molecule has 0 bridgehead atoms. The van der Waals surface area contributed by atoms with E-state index in [-0.39, 0.29) is 47.1 Å². The van der Waals surface area contributed by atoms with Gasteiger partial charge in [-0.05, 0) is 296 Å². The van der Waals surface area contributed by atoms with Gasteiger partial charge in [-0.2, -0.15) is 21.6 Å². The number of ketones is 1. The molecule has 3 spiro atoms. The number of carbonyl (C=O) groups excluding carboxylic acids is 9. The predicted molar refractivity (Wildman–Crippen MR) is 577 cm³/mol. The molecule has 7 amide bonds. The Morgan fingerprint density at radius 2 is 0.939 bits per heavy atom. The molecule has 8 aliphatic rings. The summed E-state index contributed by atoms with van der Waals surface area (Å²) in [5, 5.41) is 16.6. The van der Waals surface area contributed by atoms with Gasteiger partial charge in [-0.1, -0.05) is 152 Å². The number of methoxy groups -OCH3 is 3. The second-order valence-corrected chi connectivity index (χ2v) is 45.0. The molecule has 8 aromatic rings. The van der Waals surface area contributed by atoms with Crippen molar-refractivity contribution in [2.75, 3.05) is 73.7 Å². The Morgan fingerprint density at radius 3 is 1.38 bits per heavy atom. The molecule has 2 saturated heterocycles. The number of amides is 7. The van der Waals surface area contributed by atoms with E-state index in [4.69, 9.17) is 182 Å². The number of rotatable bonds is 11. The number of hydrogen-bond donors (Lipinski definition) is 6. The van der Waals surface area contributed by atoms with Gasteiger partial charge in [-0.3, -0.25) is 38.2 Å². The molecule has 0 aromatic heterocycles. The molecule has 0 saturated carbocycles. The number of nitrogens with zero attached hydrogens (tertiary/aromatic N) is 5. The molecular formula is C100H106Cl11F3I2N10O20PtS. The van der Waals surface area contributed by atoms with Crippen LogP contribution in [0.5, 0.6) is 17.2 Å². The van der Waals surface area contributed by atoms with Crippen molar-refractivity contribution < 1.29 is 123 Å². The van der Waals surface area contributed by atoms with E-state index in [1.165, 1.54) is 11.0 Å². The van der Waals surface area contributed by atoms with Gasteiger partial charge in [0.15, 0.2) is 0 Å². The zero-order valence-electron chi connectivity index (χ0n) is 81.6. The van der Waals surface area contributed by atoms with Crippen molar-refractivity contribution >= 4 is 236 Å². The Labute approximate surface area is 946 Å². The molecule has 16 rings (SSSR count). The van der Waals surface area contributed by atoms with Crippen LogP contribution in [0.15, 0.2) is 170 Å². The molecular weight excluding hydrogens is 2590 g/mol. The van der Waals surface area contributed by atoms with E-state index < -0.39 is 73.3 Å². The van der Waals surface area contributed by atoms with Crippen LogP contribution >= 0.6 is 173 Å². The van der Waals surface area contributed by atoms with Gasteiger partial charge >= 0.3 is 59.2 Å². The Hall–Kier alpha value is -8.23. The third-order valence-corrected chi connectivity index (χ3v) is 29.0. The molecule has 7 N–H and O–H groups in total. The van der Waals surface area contributed by atoms with Gasteiger partial charge in [-0.25, -0.2) is 14.4 Å². The first-order valence-electron chi connectivity index (χ1n) is 44.9. The molecule has 48 heteroatoms. The molecule has 8 aromatic carbocycles. The standard InChI is InChI=1S/C25H27Cl2IN2O4.C25H26Cl2N2O4.C12H12Cl2N2O.C12H10Cl2N2O.C10H17NO3.C8H11NO.C7H2Cl3IO.CHF3O3S.2O.Pt/c1-25(2,3)34-24(32)29-11-9-18(10-12-29)30(15-16-5-7-19(33-4)8-6-16)23(31)20-13-17(26)14-21(27)22(20)28;1-24(2,3)33-23(31)28-11-9-25(10-12-28)21-19(13-17(26)14-20(21)27)22(30)29(25)15-16-5-7-18(32-4)8-6-16;2*13-7-5-8-10(9(14)6-7)12(16-11(8)17)1-3-15-4-2-12;1-10(2,3)14-9(13)11-6-4-8(12)5-7-11;1-10-8-4-2-7(6-9)3-5-8;8-3-1-4(7(10)12)6(11)5(9)2-3;2-1(3,4)8(5,6)7;;;/h5-9,13-14H,10-12,15H2,1-4H3;5-9,11,13-14H,10,12,15H2,1-4H3;5-6,15H,1-4H2,(H,16,17);1,3,5-6,15H,2,4H2,(H,16,17);4-7H2,1-3H3;2-5H,6,9H2,1H3;1-2H;(H,5,6,7);;;. The summed E-state index contributed by atoms with van der Waals surface area (Å²) in [5.41, 5.74) is 5.45. The maximum absolute atomic E-state index is 13.7. The summed E-state index contributed by atoms with van der Waals surface area (Å²) in [5.74, 6) is 2.04. The van der Waals surface area contributed by atoms with E-state index in [0.29, 0.717) is 169 Å². The number of piperidine rings is 2. The third kappa shape index (κ3) is 34.9. The first-order chi connectivity index (χ1) is 69.2. The number of halogens is 16. The first kappa shape index (κ1) is 125.